The average Bonchev–Trinajstić information content (AvgIpc) is 2.49. The third kappa shape index (κ3) is 0.612. The quantitative estimate of drug-likeness (QED) is 0.582. The highest BCUT2D eigenvalue weighted by Gasteiger charge is 2.82. The van der Waals surface area contributed by atoms with Gasteiger partial charge in [-0.1, -0.05) is 0 Å². The smallest absolute Gasteiger partial charge is 0.378 e. The predicted molar refractivity (Wildman–Crippen MR) is 33.5 cm³/mol. The summed E-state index contributed by atoms with van der Waals surface area (Å²) < 4.78 is 30.2. The molecule has 12 heavy (non-hydrogen) atoms. The van der Waals surface area contributed by atoms with Gasteiger partial charge < -0.3 is 9.84 Å². The van der Waals surface area contributed by atoms with Gasteiger partial charge in [0, 0.05) is 5.92 Å². The zero-order chi connectivity index (χ0) is 9.15. The number of carbonyl (C=O) groups is 1. The number of hydrogen-bond acceptors (Lipinski definition) is 3. The molecule has 68 valence electrons. The normalized spacial score (nSPS) is 48.5. The third-order valence-corrected chi connectivity index (χ3v) is 2.82. The Labute approximate surface area is 67.3 Å². The molecule has 0 aromatic carbocycles. The molecule has 0 bridgehead atoms. The van der Waals surface area contributed by atoms with Crippen LogP contribution in [0.3, 0.4) is 0 Å². The van der Waals surface area contributed by atoms with Crippen molar-refractivity contribution in [1.29, 1.82) is 0 Å². The van der Waals surface area contributed by atoms with Crippen molar-refractivity contribution in [3.8, 4) is 0 Å². The van der Waals surface area contributed by atoms with E-state index in [0.29, 0.717) is 0 Å². The van der Waals surface area contributed by atoms with Gasteiger partial charge in [0.2, 0.25) is 0 Å². The molecule has 1 N–H and O–H groups in total. The molecule has 0 aromatic rings. The molecule has 1 aliphatic carbocycles. The average molecular weight is 178 g/mol. The van der Waals surface area contributed by atoms with Crippen LogP contribution in [0.2, 0.25) is 0 Å². The minimum absolute atomic E-state index is 0.357. The van der Waals surface area contributed by atoms with Gasteiger partial charge in [-0.05, 0) is 6.92 Å². The first-order chi connectivity index (χ1) is 5.44. The maximum Gasteiger partial charge on any atom is 0.378 e. The van der Waals surface area contributed by atoms with Gasteiger partial charge in [0.25, 0.3) is 0 Å². The second-order valence-corrected chi connectivity index (χ2v) is 3.46. The largest absolute Gasteiger partial charge is 0.454 e. The molecule has 3 nitrogen and oxygen atoms in total. The molecule has 3 unspecified atom stereocenters. The first-order valence-electron chi connectivity index (χ1n) is 3.66. The van der Waals surface area contributed by atoms with E-state index in [0.717, 1.165) is 0 Å². The number of esters is 1. The molecule has 2 rings (SSSR count). The molecule has 0 spiro atoms. The Hall–Kier alpha value is -0.710. The van der Waals surface area contributed by atoms with Crippen LogP contribution in [0, 0.1) is 11.8 Å². The third-order valence-electron chi connectivity index (χ3n) is 2.82. The van der Waals surface area contributed by atoms with Crippen LogP contribution in [-0.2, 0) is 9.53 Å². The van der Waals surface area contributed by atoms with Gasteiger partial charge in [-0.3, -0.25) is 0 Å². The van der Waals surface area contributed by atoms with Crippen LogP contribution in [-0.4, -0.2) is 29.2 Å². The highest BCUT2D eigenvalue weighted by molar-refractivity contribution is 5.83. The minimum Gasteiger partial charge on any atom is -0.454 e. The topological polar surface area (TPSA) is 46.5 Å². The molecule has 1 heterocycles. The van der Waals surface area contributed by atoms with Gasteiger partial charge in [-0.15, -0.1) is 0 Å². The molecule has 0 amide bonds. The van der Waals surface area contributed by atoms with Gasteiger partial charge in [0.1, 0.15) is 5.60 Å². The summed E-state index contributed by atoms with van der Waals surface area (Å²) in [6, 6.07) is 0. The summed E-state index contributed by atoms with van der Waals surface area (Å²) in [5.41, 5.74) is -1.12. The molecular weight excluding hydrogens is 170 g/mol. The zero-order valence-corrected chi connectivity index (χ0v) is 6.38. The van der Waals surface area contributed by atoms with Crippen molar-refractivity contribution >= 4 is 5.97 Å². The molecule has 0 aromatic heterocycles. The van der Waals surface area contributed by atoms with Crippen LogP contribution < -0.4 is 0 Å². The van der Waals surface area contributed by atoms with Crippen LogP contribution in [0.15, 0.2) is 0 Å². The molecule has 1 saturated carbocycles. The van der Waals surface area contributed by atoms with E-state index in [1.165, 1.54) is 6.92 Å². The first-order valence-corrected chi connectivity index (χ1v) is 3.66. The summed E-state index contributed by atoms with van der Waals surface area (Å²) in [4.78, 5) is 10.5. The molecule has 5 heteroatoms. The van der Waals surface area contributed by atoms with Gasteiger partial charge >= 0.3 is 11.9 Å². The molecule has 1 aliphatic heterocycles. The molecule has 3 atom stereocenters. The van der Waals surface area contributed by atoms with Crippen LogP contribution in [0.5, 0.6) is 0 Å². The van der Waals surface area contributed by atoms with Crippen molar-refractivity contribution < 1.29 is 23.4 Å². The van der Waals surface area contributed by atoms with E-state index >= 15 is 0 Å². The first kappa shape index (κ1) is 7.91. The van der Waals surface area contributed by atoms with Gasteiger partial charge in [0.15, 0.2) is 0 Å². The number of alkyl halides is 2. The highest BCUT2D eigenvalue weighted by atomic mass is 19.3. The fourth-order valence-corrected chi connectivity index (χ4v) is 2.01. The summed E-state index contributed by atoms with van der Waals surface area (Å²) in [6.07, 6.45) is 0. The van der Waals surface area contributed by atoms with E-state index in [1.54, 1.807) is 0 Å². The van der Waals surface area contributed by atoms with Crippen molar-refractivity contribution in [3.63, 3.8) is 0 Å². The molecule has 0 radical (unpaired) electrons. The van der Waals surface area contributed by atoms with Crippen molar-refractivity contribution in [2.75, 3.05) is 6.61 Å². The van der Waals surface area contributed by atoms with E-state index in [4.69, 9.17) is 5.11 Å². The van der Waals surface area contributed by atoms with Crippen molar-refractivity contribution in [1.82, 2.24) is 0 Å². The number of halogens is 2. The molecule has 1 saturated heterocycles. The van der Waals surface area contributed by atoms with Crippen LogP contribution >= 0.6 is 0 Å². The Morgan fingerprint density at radius 3 is 2.58 bits per heavy atom. The molecule has 2 aliphatic rings. The molecule has 2 fully saturated rings. The van der Waals surface area contributed by atoms with Gasteiger partial charge in [-0.2, -0.15) is 8.78 Å². The Bertz CT molecular complexity index is 253. The van der Waals surface area contributed by atoms with E-state index in [-0.39, 0.29) is 6.61 Å². The summed E-state index contributed by atoms with van der Waals surface area (Å²) in [5, 5.41) is 8.67. The lowest BCUT2D eigenvalue weighted by Crippen LogP contribution is -2.30. The number of hydrogen-bond donors (Lipinski definition) is 1. The highest BCUT2D eigenvalue weighted by Crippen LogP contribution is 2.65. The maximum atomic E-state index is 12.9. The van der Waals surface area contributed by atoms with Crippen LogP contribution in [0.25, 0.3) is 0 Å². The predicted octanol–water partition coefficient (Wildman–Crippen LogP) is 0.175. The van der Waals surface area contributed by atoms with Gasteiger partial charge in [-0.25, -0.2) is 4.79 Å². The Balaban J connectivity index is 2.28. The number of carbonyl (C=O) groups excluding carboxylic acids is 1. The summed E-state index contributed by atoms with van der Waals surface area (Å²) >= 11 is 0. The van der Waals surface area contributed by atoms with Gasteiger partial charge in [0.05, 0.1) is 12.5 Å². The minimum atomic E-state index is -3.40. The van der Waals surface area contributed by atoms with Crippen molar-refractivity contribution in [3.05, 3.63) is 0 Å². The number of aliphatic hydroxyl groups excluding tert-OH is 1. The summed E-state index contributed by atoms with van der Waals surface area (Å²) in [7, 11) is 0. The Morgan fingerprint density at radius 1 is 1.67 bits per heavy atom. The van der Waals surface area contributed by atoms with Crippen LogP contribution in [0.1, 0.15) is 6.92 Å². The Morgan fingerprint density at radius 2 is 2.25 bits per heavy atom. The SMILES string of the molecule is CC12OC(=O)C(F)(F)C1C2CO. The van der Waals surface area contributed by atoms with E-state index in [9.17, 15) is 13.6 Å². The Kier molecular flexibility index (Phi) is 1.18. The van der Waals surface area contributed by atoms with Crippen molar-refractivity contribution in [2.45, 2.75) is 18.4 Å². The van der Waals surface area contributed by atoms with E-state index in [1.807, 2.05) is 0 Å². The number of aliphatic hydroxyl groups is 1. The lowest BCUT2D eigenvalue weighted by atomic mass is 10.2. The standard InChI is InChI=1S/C7H8F2O3/c1-6-3(2-10)4(6)7(8,9)5(11)12-6/h3-4,10H,2H2,1H3. The fraction of sp³-hybridized carbons (Fsp3) is 0.857. The number of ether oxygens (including phenoxy) is 1. The monoisotopic (exact) mass is 178 g/mol. The zero-order valence-electron chi connectivity index (χ0n) is 6.38. The van der Waals surface area contributed by atoms with E-state index in [2.05, 4.69) is 4.74 Å². The maximum absolute atomic E-state index is 12.9. The summed E-state index contributed by atoms with van der Waals surface area (Å²) in [6.45, 7) is 1.07. The second-order valence-electron chi connectivity index (χ2n) is 3.46. The lowest BCUT2D eigenvalue weighted by Gasteiger charge is -2.11. The summed E-state index contributed by atoms with van der Waals surface area (Å²) in [5.74, 6) is -6.57. The second kappa shape index (κ2) is 1.79. The number of fused-ring (bicyclic) bond motifs is 1. The van der Waals surface area contributed by atoms with E-state index < -0.39 is 29.3 Å². The lowest BCUT2D eigenvalue weighted by molar-refractivity contribution is -0.168. The van der Waals surface area contributed by atoms with Crippen LogP contribution in [0.4, 0.5) is 8.78 Å². The molecular formula is C7H8F2O3. The van der Waals surface area contributed by atoms with Crippen molar-refractivity contribution in [2.24, 2.45) is 11.8 Å². The number of rotatable bonds is 1. The fourth-order valence-electron chi connectivity index (χ4n) is 2.01.